The highest BCUT2D eigenvalue weighted by Crippen LogP contribution is 2.43. The third kappa shape index (κ3) is 5.08. The van der Waals surface area contributed by atoms with Gasteiger partial charge in [-0.2, -0.15) is 0 Å². The molecule has 0 fully saturated rings. The Bertz CT molecular complexity index is 3540. The van der Waals surface area contributed by atoms with E-state index in [0.717, 1.165) is 92.1 Å². The van der Waals surface area contributed by atoms with Gasteiger partial charge in [0.2, 0.25) is 0 Å². The average Bonchev–Trinajstić information content (AvgIpc) is 3.97. The topological polar surface area (TPSA) is 90.7 Å². The van der Waals surface area contributed by atoms with E-state index in [4.69, 9.17) is 33.8 Å². The van der Waals surface area contributed by atoms with Crippen LogP contribution in [0.1, 0.15) is 0 Å². The van der Waals surface area contributed by atoms with Crippen molar-refractivity contribution in [2.24, 2.45) is 0 Å². The van der Waals surface area contributed by atoms with E-state index >= 15 is 0 Å². The molecule has 5 heterocycles. The van der Waals surface area contributed by atoms with E-state index in [2.05, 4.69) is 54.6 Å². The Hall–Kier alpha value is -7.55. The zero-order valence-electron chi connectivity index (χ0n) is 30.0. The number of aromatic nitrogens is 5. The average molecular weight is 750 g/mol. The molecule has 0 radical (unpaired) electrons. The minimum absolute atomic E-state index is 0.551. The van der Waals surface area contributed by atoms with Gasteiger partial charge in [-0.3, -0.25) is 0 Å². The summed E-state index contributed by atoms with van der Waals surface area (Å²) in [6.07, 6.45) is 0. The number of furan rings is 2. The predicted molar refractivity (Wildman–Crippen MR) is 230 cm³/mol. The molecule has 0 saturated heterocycles. The van der Waals surface area contributed by atoms with Crippen LogP contribution in [-0.2, 0) is 0 Å². The largest absolute Gasteiger partial charge is 0.455 e. The minimum Gasteiger partial charge on any atom is -0.455 e. The van der Waals surface area contributed by atoms with E-state index in [1.807, 2.05) is 109 Å². The Labute approximate surface area is 328 Å². The van der Waals surface area contributed by atoms with Crippen molar-refractivity contribution in [3.63, 3.8) is 0 Å². The van der Waals surface area contributed by atoms with E-state index in [1.54, 1.807) is 11.3 Å². The van der Waals surface area contributed by atoms with Crippen LogP contribution < -0.4 is 0 Å². The third-order valence-corrected chi connectivity index (χ3v) is 11.7. The molecule has 8 heteroatoms. The first-order chi connectivity index (χ1) is 28.2. The lowest BCUT2D eigenvalue weighted by Crippen LogP contribution is -2.00. The van der Waals surface area contributed by atoms with Crippen molar-refractivity contribution in [1.29, 1.82) is 0 Å². The molecule has 0 atom stereocenters. The van der Waals surface area contributed by atoms with Gasteiger partial charge < -0.3 is 8.83 Å². The molecule has 0 aliphatic carbocycles. The predicted octanol–water partition coefficient (Wildman–Crippen LogP) is 13.2. The molecule has 0 saturated carbocycles. The van der Waals surface area contributed by atoms with Gasteiger partial charge in [0.15, 0.2) is 28.9 Å². The van der Waals surface area contributed by atoms with Crippen molar-refractivity contribution in [1.82, 2.24) is 24.9 Å². The highest BCUT2D eigenvalue weighted by Gasteiger charge is 2.22. The number of rotatable bonds is 5. The van der Waals surface area contributed by atoms with E-state index in [1.165, 1.54) is 0 Å². The molecule has 0 amide bonds. The number of hydrogen-bond acceptors (Lipinski definition) is 8. The van der Waals surface area contributed by atoms with Gasteiger partial charge in [-0.15, -0.1) is 11.3 Å². The van der Waals surface area contributed by atoms with Gasteiger partial charge in [0.1, 0.15) is 28.0 Å². The van der Waals surface area contributed by atoms with Crippen molar-refractivity contribution in [3.05, 3.63) is 164 Å². The van der Waals surface area contributed by atoms with Crippen LogP contribution in [0, 0.1) is 0 Å². The van der Waals surface area contributed by atoms with Crippen molar-refractivity contribution in [2.75, 3.05) is 0 Å². The van der Waals surface area contributed by atoms with Crippen molar-refractivity contribution in [2.45, 2.75) is 0 Å². The molecule has 0 aliphatic rings. The summed E-state index contributed by atoms with van der Waals surface area (Å²) in [5.74, 6) is 2.39. The Balaban J connectivity index is 1.06. The first kappa shape index (κ1) is 31.8. The number of para-hydroxylation sites is 3. The lowest BCUT2D eigenvalue weighted by atomic mass is 10.0. The lowest BCUT2D eigenvalue weighted by molar-refractivity contribution is 0.667. The van der Waals surface area contributed by atoms with Crippen molar-refractivity contribution >= 4 is 75.5 Å². The Morgan fingerprint density at radius 1 is 0.368 bits per heavy atom. The second-order valence-electron chi connectivity index (χ2n) is 14.0. The molecule has 0 aliphatic heterocycles. The number of nitrogens with zero attached hydrogens (tertiary/aromatic N) is 5. The molecule has 12 aromatic rings. The summed E-state index contributed by atoms with van der Waals surface area (Å²) in [6, 6.07) is 55.3. The zero-order valence-corrected chi connectivity index (χ0v) is 30.9. The molecule has 5 aromatic heterocycles. The first-order valence-corrected chi connectivity index (χ1v) is 19.5. The summed E-state index contributed by atoms with van der Waals surface area (Å²) in [7, 11) is 0. The Morgan fingerprint density at radius 2 is 0.965 bits per heavy atom. The van der Waals surface area contributed by atoms with E-state index in [9.17, 15) is 0 Å². The molecule has 57 heavy (non-hydrogen) atoms. The number of hydrogen-bond donors (Lipinski definition) is 0. The highest BCUT2D eigenvalue weighted by atomic mass is 32.1. The molecule has 266 valence electrons. The summed E-state index contributed by atoms with van der Waals surface area (Å²) in [5, 5.41) is 5.23. The quantitative estimate of drug-likeness (QED) is 0.173. The van der Waals surface area contributed by atoms with Gasteiger partial charge in [0.25, 0.3) is 0 Å². The number of benzene rings is 7. The van der Waals surface area contributed by atoms with Gasteiger partial charge in [-0.25, -0.2) is 24.9 Å². The van der Waals surface area contributed by atoms with Crippen LogP contribution in [0.3, 0.4) is 0 Å². The standard InChI is InChI=1S/C49H27N5O2S/c1-3-13-28(14-4-1)46-50-42(45-43(51-46)33-18-8-10-23-38(33)56-45)30-25-26-34-40(27-30)57-39-24-12-20-35(41(34)39)48-52-47(29-15-5-2-6-16-29)53-49(54-48)36-21-11-19-32-31-17-7-9-22-37(31)55-44(32)36/h1-27H. The molecule has 7 aromatic carbocycles. The summed E-state index contributed by atoms with van der Waals surface area (Å²) in [6.45, 7) is 0. The molecule has 0 N–H and O–H groups in total. The molecular formula is C49H27N5O2S. The molecule has 0 unspecified atom stereocenters. The van der Waals surface area contributed by atoms with Gasteiger partial charge in [0, 0.05) is 58.6 Å². The van der Waals surface area contributed by atoms with Gasteiger partial charge >= 0.3 is 0 Å². The Morgan fingerprint density at radius 3 is 1.75 bits per heavy atom. The van der Waals surface area contributed by atoms with E-state index in [0.29, 0.717) is 28.9 Å². The van der Waals surface area contributed by atoms with Crippen LogP contribution in [-0.4, -0.2) is 24.9 Å². The summed E-state index contributed by atoms with van der Waals surface area (Å²) >= 11 is 1.74. The van der Waals surface area contributed by atoms with Crippen LogP contribution >= 0.6 is 11.3 Å². The third-order valence-electron chi connectivity index (χ3n) is 10.6. The highest BCUT2D eigenvalue weighted by molar-refractivity contribution is 7.26. The normalized spacial score (nSPS) is 11.9. The van der Waals surface area contributed by atoms with Crippen LogP contribution in [0.5, 0.6) is 0 Å². The molecular weight excluding hydrogens is 723 g/mol. The van der Waals surface area contributed by atoms with E-state index < -0.39 is 0 Å². The summed E-state index contributed by atoms with van der Waals surface area (Å²) in [4.78, 5) is 25.6. The van der Waals surface area contributed by atoms with Crippen molar-refractivity contribution in [3.8, 4) is 56.8 Å². The van der Waals surface area contributed by atoms with Crippen LogP contribution in [0.15, 0.2) is 173 Å². The zero-order chi connectivity index (χ0) is 37.5. The summed E-state index contributed by atoms with van der Waals surface area (Å²) in [5.41, 5.74) is 9.12. The monoisotopic (exact) mass is 749 g/mol. The Kier molecular flexibility index (Phi) is 6.96. The SMILES string of the molecule is c1ccc(-c2nc(-c3cccc4c3oc3ccccc34)nc(-c3cccc4sc5cc(-c6nc(-c7ccccc7)nc7c6oc6ccccc67)ccc5c34)n2)cc1. The fourth-order valence-corrected chi connectivity index (χ4v) is 9.09. The maximum Gasteiger partial charge on any atom is 0.180 e. The fourth-order valence-electron chi connectivity index (χ4n) is 7.92. The second-order valence-corrected chi connectivity index (χ2v) is 15.1. The second kappa shape index (κ2) is 12.5. The van der Waals surface area contributed by atoms with Crippen molar-refractivity contribution < 1.29 is 8.83 Å². The van der Waals surface area contributed by atoms with Crippen LogP contribution in [0.4, 0.5) is 0 Å². The molecule has 7 nitrogen and oxygen atoms in total. The maximum absolute atomic E-state index is 6.47. The molecule has 12 rings (SSSR count). The minimum atomic E-state index is 0.551. The van der Waals surface area contributed by atoms with Gasteiger partial charge in [0.05, 0.1) is 5.56 Å². The smallest absolute Gasteiger partial charge is 0.180 e. The van der Waals surface area contributed by atoms with Crippen LogP contribution in [0.25, 0.3) is 121 Å². The van der Waals surface area contributed by atoms with E-state index in [-0.39, 0.29) is 0 Å². The fraction of sp³-hybridized carbons (Fsp3) is 0. The molecule has 0 spiro atoms. The lowest BCUT2D eigenvalue weighted by Gasteiger charge is -2.10. The molecule has 0 bridgehead atoms. The number of fused-ring (bicyclic) bond motifs is 9. The van der Waals surface area contributed by atoms with Crippen LogP contribution in [0.2, 0.25) is 0 Å². The maximum atomic E-state index is 6.47. The van der Waals surface area contributed by atoms with Gasteiger partial charge in [-0.05, 0) is 36.4 Å². The van der Waals surface area contributed by atoms with Gasteiger partial charge in [-0.1, -0.05) is 127 Å². The number of thiophene rings is 1. The summed E-state index contributed by atoms with van der Waals surface area (Å²) < 4.78 is 15.2. The first-order valence-electron chi connectivity index (χ1n) is 18.7.